The van der Waals surface area contributed by atoms with Crippen LogP contribution in [0.25, 0.3) is 0 Å². The molecule has 1 saturated heterocycles. The molecule has 1 aromatic carbocycles. The van der Waals surface area contributed by atoms with E-state index in [0.717, 1.165) is 37.1 Å². The highest BCUT2D eigenvalue weighted by Crippen LogP contribution is 2.30. The number of rotatable bonds is 8. The molecule has 0 saturated carbocycles. The van der Waals surface area contributed by atoms with Crippen molar-refractivity contribution in [2.75, 3.05) is 26.9 Å². The number of carbonyl (C=O) groups is 1. The number of methoxy groups -OCH3 is 1. The van der Waals surface area contributed by atoms with Gasteiger partial charge in [-0.25, -0.2) is 0 Å². The lowest BCUT2D eigenvalue weighted by molar-refractivity contribution is -0.136. The smallest absolute Gasteiger partial charge is 0.249 e. The van der Waals surface area contributed by atoms with Crippen molar-refractivity contribution in [3.63, 3.8) is 0 Å². The Morgan fingerprint density at radius 3 is 3.04 bits per heavy atom. The Hall–Kier alpha value is -2.41. The lowest BCUT2D eigenvalue weighted by Crippen LogP contribution is -2.39. The first kappa shape index (κ1) is 19.4. The van der Waals surface area contributed by atoms with Gasteiger partial charge in [0, 0.05) is 20.1 Å². The van der Waals surface area contributed by atoms with Crippen molar-refractivity contribution in [3.05, 3.63) is 41.5 Å². The Morgan fingerprint density at radius 2 is 2.22 bits per heavy atom. The molecule has 0 N–H and O–H groups in total. The van der Waals surface area contributed by atoms with Gasteiger partial charge in [0.15, 0.2) is 5.82 Å². The van der Waals surface area contributed by atoms with E-state index in [1.54, 1.807) is 7.11 Å². The van der Waals surface area contributed by atoms with Gasteiger partial charge in [0.1, 0.15) is 11.8 Å². The zero-order valence-corrected chi connectivity index (χ0v) is 16.0. The van der Waals surface area contributed by atoms with Crippen molar-refractivity contribution >= 4 is 5.91 Å². The molecule has 1 aliphatic heterocycles. The van der Waals surface area contributed by atoms with Gasteiger partial charge in [-0.05, 0) is 43.9 Å². The zero-order valence-electron chi connectivity index (χ0n) is 16.0. The minimum absolute atomic E-state index is 0.0732. The van der Waals surface area contributed by atoms with E-state index in [2.05, 4.69) is 10.1 Å². The van der Waals surface area contributed by atoms with E-state index >= 15 is 0 Å². The Bertz CT molecular complexity index is 746. The molecule has 1 amide bonds. The van der Waals surface area contributed by atoms with Gasteiger partial charge >= 0.3 is 0 Å². The van der Waals surface area contributed by atoms with Crippen LogP contribution in [0.15, 0.2) is 28.8 Å². The van der Waals surface area contributed by atoms with Gasteiger partial charge in [-0.2, -0.15) is 4.98 Å². The molecule has 7 nitrogen and oxygen atoms in total. The van der Waals surface area contributed by atoms with Crippen LogP contribution in [0.3, 0.4) is 0 Å². The molecular formula is C20H27N3O4. The summed E-state index contributed by atoms with van der Waals surface area (Å²) in [6.07, 6.45) is 3.83. The SMILES string of the molecule is COCCC(=O)N1CCCCC1c1nc(CCOc2cccc(C)c2)no1. The van der Waals surface area contributed by atoms with Gasteiger partial charge in [0.05, 0.1) is 19.6 Å². The number of aryl methyl sites for hydroxylation is 1. The summed E-state index contributed by atoms with van der Waals surface area (Å²) in [4.78, 5) is 18.8. The van der Waals surface area contributed by atoms with Crippen LogP contribution in [0, 0.1) is 6.92 Å². The van der Waals surface area contributed by atoms with Crippen molar-refractivity contribution in [1.29, 1.82) is 0 Å². The van der Waals surface area contributed by atoms with Crippen molar-refractivity contribution in [3.8, 4) is 5.75 Å². The number of hydrogen-bond acceptors (Lipinski definition) is 6. The van der Waals surface area contributed by atoms with E-state index in [1.807, 2.05) is 36.1 Å². The number of amides is 1. The van der Waals surface area contributed by atoms with Crippen LogP contribution in [0.2, 0.25) is 0 Å². The van der Waals surface area contributed by atoms with Crippen LogP contribution in [0.5, 0.6) is 5.75 Å². The first-order valence-electron chi connectivity index (χ1n) is 9.47. The van der Waals surface area contributed by atoms with Crippen LogP contribution in [-0.2, 0) is 16.0 Å². The summed E-state index contributed by atoms with van der Waals surface area (Å²) < 4.78 is 16.2. The molecule has 1 aliphatic rings. The summed E-state index contributed by atoms with van der Waals surface area (Å²) in [6, 6.07) is 7.78. The number of ether oxygens (including phenoxy) is 2. The minimum atomic E-state index is -0.137. The highest BCUT2D eigenvalue weighted by Gasteiger charge is 2.31. The number of piperidine rings is 1. The molecule has 0 spiro atoms. The molecule has 0 radical (unpaired) electrons. The first-order chi connectivity index (χ1) is 13.2. The van der Waals surface area contributed by atoms with Crippen LogP contribution < -0.4 is 4.74 Å². The molecule has 1 atom stereocenters. The van der Waals surface area contributed by atoms with Crippen molar-refractivity contribution in [2.24, 2.45) is 0 Å². The number of carbonyl (C=O) groups excluding carboxylic acids is 1. The van der Waals surface area contributed by atoms with Gasteiger partial charge in [0.25, 0.3) is 0 Å². The number of nitrogens with zero attached hydrogens (tertiary/aromatic N) is 3. The number of benzene rings is 1. The predicted molar refractivity (Wildman–Crippen MR) is 99.5 cm³/mol. The molecule has 7 heteroatoms. The van der Waals surface area contributed by atoms with E-state index in [-0.39, 0.29) is 11.9 Å². The number of hydrogen-bond donors (Lipinski definition) is 0. The van der Waals surface area contributed by atoms with E-state index in [0.29, 0.717) is 37.8 Å². The van der Waals surface area contributed by atoms with Crippen molar-refractivity contribution in [2.45, 2.75) is 45.1 Å². The normalized spacial score (nSPS) is 17.1. The second-order valence-corrected chi connectivity index (χ2v) is 6.81. The maximum absolute atomic E-state index is 12.4. The second kappa shape index (κ2) is 9.50. The molecule has 1 unspecified atom stereocenters. The molecule has 146 valence electrons. The molecule has 2 heterocycles. The van der Waals surface area contributed by atoms with Crippen LogP contribution in [-0.4, -0.2) is 47.8 Å². The van der Waals surface area contributed by atoms with Gasteiger partial charge in [-0.3, -0.25) is 4.79 Å². The fraction of sp³-hybridized carbons (Fsp3) is 0.550. The van der Waals surface area contributed by atoms with Gasteiger partial charge in [-0.1, -0.05) is 17.3 Å². The quantitative estimate of drug-likeness (QED) is 0.708. The third-order valence-electron chi connectivity index (χ3n) is 4.70. The first-order valence-corrected chi connectivity index (χ1v) is 9.47. The van der Waals surface area contributed by atoms with Gasteiger partial charge < -0.3 is 18.9 Å². The fourth-order valence-electron chi connectivity index (χ4n) is 3.29. The average molecular weight is 373 g/mol. The Labute approximate surface area is 159 Å². The monoisotopic (exact) mass is 373 g/mol. The molecule has 1 fully saturated rings. The maximum atomic E-state index is 12.4. The highest BCUT2D eigenvalue weighted by molar-refractivity contribution is 5.76. The van der Waals surface area contributed by atoms with Crippen molar-refractivity contribution < 1.29 is 18.8 Å². The third-order valence-corrected chi connectivity index (χ3v) is 4.70. The maximum Gasteiger partial charge on any atom is 0.249 e. The largest absolute Gasteiger partial charge is 0.493 e. The van der Waals surface area contributed by atoms with E-state index in [4.69, 9.17) is 14.0 Å². The summed E-state index contributed by atoms with van der Waals surface area (Å²) in [6.45, 7) is 3.65. The summed E-state index contributed by atoms with van der Waals surface area (Å²) >= 11 is 0. The van der Waals surface area contributed by atoms with E-state index in [1.165, 1.54) is 0 Å². The fourth-order valence-corrected chi connectivity index (χ4v) is 3.29. The van der Waals surface area contributed by atoms with Gasteiger partial charge in [-0.15, -0.1) is 0 Å². The summed E-state index contributed by atoms with van der Waals surface area (Å²) in [5.74, 6) is 2.03. The number of likely N-dealkylation sites (tertiary alicyclic amines) is 1. The Kier molecular flexibility index (Phi) is 6.81. The zero-order chi connectivity index (χ0) is 19.1. The molecule has 0 bridgehead atoms. The lowest BCUT2D eigenvalue weighted by atomic mass is 10.0. The molecule has 0 aliphatic carbocycles. The summed E-state index contributed by atoms with van der Waals surface area (Å²) in [7, 11) is 1.60. The van der Waals surface area contributed by atoms with Crippen LogP contribution in [0.1, 0.15) is 49.0 Å². The Balaban J connectivity index is 1.57. The molecule has 3 rings (SSSR count). The predicted octanol–water partition coefficient (Wildman–Crippen LogP) is 3.09. The highest BCUT2D eigenvalue weighted by atomic mass is 16.5. The average Bonchev–Trinajstić information content (AvgIpc) is 3.15. The summed E-state index contributed by atoms with van der Waals surface area (Å²) in [5, 5.41) is 4.07. The second-order valence-electron chi connectivity index (χ2n) is 6.81. The topological polar surface area (TPSA) is 77.7 Å². The van der Waals surface area contributed by atoms with E-state index in [9.17, 15) is 4.79 Å². The molecule has 27 heavy (non-hydrogen) atoms. The van der Waals surface area contributed by atoms with Crippen LogP contribution in [0.4, 0.5) is 0 Å². The number of aromatic nitrogens is 2. The Morgan fingerprint density at radius 1 is 1.33 bits per heavy atom. The van der Waals surface area contributed by atoms with Crippen LogP contribution >= 0.6 is 0 Å². The lowest BCUT2D eigenvalue weighted by Gasteiger charge is -2.33. The molecule has 2 aromatic rings. The molecule has 1 aromatic heterocycles. The minimum Gasteiger partial charge on any atom is -0.493 e. The van der Waals surface area contributed by atoms with E-state index < -0.39 is 0 Å². The van der Waals surface area contributed by atoms with Crippen molar-refractivity contribution in [1.82, 2.24) is 15.0 Å². The standard InChI is InChI=1S/C20H27N3O4/c1-15-6-5-7-16(14-15)26-13-9-18-21-20(27-22-18)17-8-3-4-11-23(17)19(24)10-12-25-2/h5-7,14,17H,3-4,8-13H2,1-2H3. The van der Waals surface area contributed by atoms with Gasteiger partial charge in [0.2, 0.25) is 11.8 Å². The third kappa shape index (κ3) is 5.29. The summed E-state index contributed by atoms with van der Waals surface area (Å²) in [5.41, 5.74) is 1.16. The molecular weight excluding hydrogens is 346 g/mol.